The lowest BCUT2D eigenvalue weighted by Crippen LogP contribution is -2.31. The SMILES string of the molecule is CC(C)c1cc(C(=O)N2CCCCCC2)ccn1. The van der Waals surface area contributed by atoms with Gasteiger partial charge in [0, 0.05) is 30.5 Å². The summed E-state index contributed by atoms with van der Waals surface area (Å²) in [4.78, 5) is 18.7. The molecule has 0 unspecified atom stereocenters. The predicted molar refractivity (Wildman–Crippen MR) is 72.7 cm³/mol. The van der Waals surface area contributed by atoms with Gasteiger partial charge >= 0.3 is 0 Å². The van der Waals surface area contributed by atoms with Gasteiger partial charge < -0.3 is 4.90 Å². The van der Waals surface area contributed by atoms with Gasteiger partial charge in [0.1, 0.15) is 0 Å². The van der Waals surface area contributed by atoms with Crippen molar-refractivity contribution in [2.24, 2.45) is 0 Å². The van der Waals surface area contributed by atoms with Crippen molar-refractivity contribution in [2.75, 3.05) is 13.1 Å². The van der Waals surface area contributed by atoms with Gasteiger partial charge in [0.05, 0.1) is 0 Å². The van der Waals surface area contributed by atoms with Crippen LogP contribution in [0.15, 0.2) is 18.3 Å². The predicted octanol–water partition coefficient (Wildman–Crippen LogP) is 3.22. The van der Waals surface area contributed by atoms with Crippen molar-refractivity contribution in [3.8, 4) is 0 Å². The lowest BCUT2D eigenvalue weighted by atomic mass is 10.1. The average molecular weight is 246 g/mol. The fourth-order valence-electron chi connectivity index (χ4n) is 2.35. The fraction of sp³-hybridized carbons (Fsp3) is 0.600. The zero-order valence-corrected chi connectivity index (χ0v) is 11.4. The molecule has 0 N–H and O–H groups in total. The van der Waals surface area contributed by atoms with E-state index in [-0.39, 0.29) is 5.91 Å². The highest BCUT2D eigenvalue weighted by atomic mass is 16.2. The molecule has 0 aromatic carbocycles. The summed E-state index contributed by atoms with van der Waals surface area (Å²) >= 11 is 0. The van der Waals surface area contributed by atoms with Crippen molar-refractivity contribution in [1.29, 1.82) is 0 Å². The second-order valence-electron chi connectivity index (χ2n) is 5.33. The Morgan fingerprint density at radius 2 is 1.89 bits per heavy atom. The maximum atomic E-state index is 12.4. The minimum absolute atomic E-state index is 0.168. The molecule has 3 nitrogen and oxygen atoms in total. The third-order valence-corrected chi connectivity index (χ3v) is 3.51. The van der Waals surface area contributed by atoms with Crippen molar-refractivity contribution in [3.63, 3.8) is 0 Å². The zero-order chi connectivity index (χ0) is 13.0. The van der Waals surface area contributed by atoms with E-state index >= 15 is 0 Å². The van der Waals surface area contributed by atoms with Crippen molar-refractivity contribution in [2.45, 2.75) is 45.4 Å². The van der Waals surface area contributed by atoms with Crippen LogP contribution < -0.4 is 0 Å². The summed E-state index contributed by atoms with van der Waals surface area (Å²) < 4.78 is 0. The molecule has 0 saturated carbocycles. The molecule has 3 heteroatoms. The second kappa shape index (κ2) is 5.98. The minimum atomic E-state index is 0.168. The summed E-state index contributed by atoms with van der Waals surface area (Å²) in [6.07, 6.45) is 6.51. The van der Waals surface area contributed by atoms with Crippen molar-refractivity contribution < 1.29 is 4.79 Å². The fourth-order valence-corrected chi connectivity index (χ4v) is 2.35. The van der Waals surface area contributed by atoms with Gasteiger partial charge in [-0.05, 0) is 30.9 Å². The van der Waals surface area contributed by atoms with Crippen LogP contribution >= 0.6 is 0 Å². The smallest absolute Gasteiger partial charge is 0.253 e. The molecule has 0 spiro atoms. The summed E-state index contributed by atoms with van der Waals surface area (Å²) in [6.45, 7) is 6.00. The molecule has 18 heavy (non-hydrogen) atoms. The number of likely N-dealkylation sites (tertiary alicyclic amines) is 1. The van der Waals surface area contributed by atoms with Gasteiger partial charge in [0.25, 0.3) is 5.91 Å². The first-order valence-electron chi connectivity index (χ1n) is 6.93. The van der Waals surface area contributed by atoms with Crippen LogP contribution in [0.3, 0.4) is 0 Å². The normalized spacial score (nSPS) is 16.7. The second-order valence-corrected chi connectivity index (χ2v) is 5.33. The third kappa shape index (κ3) is 3.09. The Balaban J connectivity index is 2.14. The number of amides is 1. The molecule has 1 aliphatic rings. The molecular weight excluding hydrogens is 224 g/mol. The minimum Gasteiger partial charge on any atom is -0.339 e. The summed E-state index contributed by atoms with van der Waals surface area (Å²) in [5.41, 5.74) is 1.78. The van der Waals surface area contributed by atoms with E-state index in [4.69, 9.17) is 0 Å². The maximum Gasteiger partial charge on any atom is 0.253 e. The van der Waals surface area contributed by atoms with Gasteiger partial charge in [-0.15, -0.1) is 0 Å². The first kappa shape index (κ1) is 13.1. The molecule has 1 aliphatic heterocycles. The topological polar surface area (TPSA) is 33.2 Å². The van der Waals surface area contributed by atoms with E-state index in [0.29, 0.717) is 5.92 Å². The number of hydrogen-bond acceptors (Lipinski definition) is 2. The molecule has 2 rings (SSSR count). The Bertz CT molecular complexity index is 407. The van der Waals surface area contributed by atoms with E-state index in [1.54, 1.807) is 6.20 Å². The first-order chi connectivity index (χ1) is 8.68. The van der Waals surface area contributed by atoms with Gasteiger partial charge in [-0.2, -0.15) is 0 Å². The van der Waals surface area contributed by atoms with Crippen molar-refractivity contribution in [1.82, 2.24) is 9.88 Å². The van der Waals surface area contributed by atoms with Crippen LogP contribution in [0, 0.1) is 0 Å². The van der Waals surface area contributed by atoms with E-state index in [9.17, 15) is 4.79 Å². The van der Waals surface area contributed by atoms with Crippen LogP contribution in [0.4, 0.5) is 0 Å². The van der Waals surface area contributed by atoms with E-state index in [1.807, 2.05) is 17.0 Å². The van der Waals surface area contributed by atoms with Crippen LogP contribution in [0.5, 0.6) is 0 Å². The van der Waals surface area contributed by atoms with Gasteiger partial charge in [-0.25, -0.2) is 0 Å². The van der Waals surface area contributed by atoms with Gasteiger partial charge in [-0.1, -0.05) is 26.7 Å². The highest BCUT2D eigenvalue weighted by Gasteiger charge is 2.17. The third-order valence-electron chi connectivity index (χ3n) is 3.51. The summed E-state index contributed by atoms with van der Waals surface area (Å²) in [5.74, 6) is 0.531. The number of hydrogen-bond donors (Lipinski definition) is 0. The number of carbonyl (C=O) groups excluding carboxylic acids is 1. The number of pyridine rings is 1. The average Bonchev–Trinajstić information content (AvgIpc) is 2.67. The lowest BCUT2D eigenvalue weighted by Gasteiger charge is -2.20. The number of rotatable bonds is 2. The molecule has 0 aliphatic carbocycles. The van der Waals surface area contributed by atoms with Crippen molar-refractivity contribution >= 4 is 5.91 Å². The Kier molecular flexibility index (Phi) is 4.34. The van der Waals surface area contributed by atoms with Gasteiger partial charge in [0.15, 0.2) is 0 Å². The van der Waals surface area contributed by atoms with Crippen LogP contribution in [0.25, 0.3) is 0 Å². The maximum absolute atomic E-state index is 12.4. The monoisotopic (exact) mass is 246 g/mol. The Morgan fingerprint density at radius 3 is 2.50 bits per heavy atom. The van der Waals surface area contributed by atoms with Crippen LogP contribution in [0.1, 0.15) is 61.5 Å². The largest absolute Gasteiger partial charge is 0.339 e. The Labute approximate surface area is 109 Å². The van der Waals surface area contributed by atoms with E-state index in [1.165, 1.54) is 12.8 Å². The van der Waals surface area contributed by atoms with E-state index in [2.05, 4.69) is 18.8 Å². The highest BCUT2D eigenvalue weighted by molar-refractivity contribution is 5.94. The van der Waals surface area contributed by atoms with Crippen LogP contribution in [-0.4, -0.2) is 28.9 Å². The van der Waals surface area contributed by atoms with E-state index < -0.39 is 0 Å². The molecule has 1 aromatic rings. The van der Waals surface area contributed by atoms with Crippen LogP contribution in [0.2, 0.25) is 0 Å². The van der Waals surface area contributed by atoms with Gasteiger partial charge in [0.2, 0.25) is 0 Å². The number of nitrogens with zero attached hydrogens (tertiary/aromatic N) is 2. The quantitative estimate of drug-likeness (QED) is 0.802. The molecule has 98 valence electrons. The molecule has 1 fully saturated rings. The highest BCUT2D eigenvalue weighted by Crippen LogP contribution is 2.16. The molecule has 0 bridgehead atoms. The van der Waals surface area contributed by atoms with E-state index in [0.717, 1.165) is 37.2 Å². The molecule has 2 heterocycles. The summed E-state index contributed by atoms with van der Waals surface area (Å²) in [7, 11) is 0. The Hall–Kier alpha value is -1.38. The molecular formula is C15H22N2O. The molecule has 0 radical (unpaired) electrons. The number of aromatic nitrogens is 1. The van der Waals surface area contributed by atoms with Crippen molar-refractivity contribution in [3.05, 3.63) is 29.6 Å². The molecule has 1 amide bonds. The van der Waals surface area contributed by atoms with Gasteiger partial charge in [-0.3, -0.25) is 9.78 Å². The molecule has 0 atom stereocenters. The summed E-state index contributed by atoms with van der Waals surface area (Å²) in [5, 5.41) is 0. The Morgan fingerprint density at radius 1 is 1.22 bits per heavy atom. The summed E-state index contributed by atoms with van der Waals surface area (Å²) in [6, 6.07) is 3.77. The first-order valence-corrected chi connectivity index (χ1v) is 6.93. The lowest BCUT2D eigenvalue weighted by molar-refractivity contribution is 0.0761. The van der Waals surface area contributed by atoms with Crippen LogP contribution in [-0.2, 0) is 0 Å². The standard InChI is InChI=1S/C15H22N2O/c1-12(2)14-11-13(7-8-16-14)15(18)17-9-5-3-4-6-10-17/h7-8,11-12H,3-6,9-10H2,1-2H3. The molecule has 1 saturated heterocycles. The zero-order valence-electron chi connectivity index (χ0n) is 11.4. The number of carbonyl (C=O) groups is 1. The molecule has 1 aromatic heterocycles.